The van der Waals surface area contributed by atoms with Crippen molar-refractivity contribution in [1.29, 1.82) is 0 Å². The van der Waals surface area contributed by atoms with Crippen LogP contribution in [0.2, 0.25) is 0 Å². The maximum absolute atomic E-state index is 12.0. The van der Waals surface area contributed by atoms with E-state index in [1.165, 1.54) is 0 Å². The van der Waals surface area contributed by atoms with Gasteiger partial charge in [-0.1, -0.05) is 17.9 Å². The molecule has 1 aromatic heterocycles. The van der Waals surface area contributed by atoms with Gasteiger partial charge in [0.2, 0.25) is 5.91 Å². The Balaban J connectivity index is 1.98. The second-order valence-corrected chi connectivity index (χ2v) is 4.53. The van der Waals surface area contributed by atoms with Gasteiger partial charge >= 0.3 is 0 Å². The number of nitrogens with zero attached hydrogens (tertiary/aromatic N) is 1. The maximum Gasteiger partial charge on any atom is 0.230 e. The summed E-state index contributed by atoms with van der Waals surface area (Å²) in [5.41, 5.74) is 3.29. The molecule has 2 rings (SSSR count). The maximum atomic E-state index is 12.0. The highest BCUT2D eigenvalue weighted by molar-refractivity contribution is 5.92. The molecule has 2 N–H and O–H groups in total. The quantitative estimate of drug-likeness (QED) is 0.844. The Morgan fingerprint density at radius 1 is 1.29 bits per heavy atom. The number of hydrogen-bond donors (Lipinski definition) is 2. The first-order chi connectivity index (χ1) is 10.2. The third-order valence-corrected chi connectivity index (χ3v) is 2.93. The largest absolute Gasteiger partial charge is 0.384 e. The zero-order valence-corrected chi connectivity index (χ0v) is 11.8. The third-order valence-electron chi connectivity index (χ3n) is 2.93. The van der Waals surface area contributed by atoms with Crippen LogP contribution >= 0.6 is 0 Å². The molecule has 0 saturated heterocycles. The standard InChI is InChI=1S/C17H16N2O2/c1-13-4-2-10-18-16(13)12-17(21)19-15-8-6-14(7-9-15)5-3-11-20/h2,4,6-10,20H,11-12H2,1H3,(H,19,21). The minimum absolute atomic E-state index is 0.106. The molecule has 0 bridgehead atoms. The van der Waals surface area contributed by atoms with Gasteiger partial charge in [-0.3, -0.25) is 9.78 Å². The zero-order valence-electron chi connectivity index (χ0n) is 11.8. The van der Waals surface area contributed by atoms with Crippen molar-refractivity contribution in [3.63, 3.8) is 0 Å². The summed E-state index contributed by atoms with van der Waals surface area (Å²) in [5.74, 6) is 5.27. The first-order valence-electron chi connectivity index (χ1n) is 6.59. The van der Waals surface area contributed by atoms with Gasteiger partial charge in [-0.25, -0.2) is 0 Å². The minimum atomic E-state index is -0.165. The highest BCUT2D eigenvalue weighted by Gasteiger charge is 2.07. The summed E-state index contributed by atoms with van der Waals surface area (Å²) in [7, 11) is 0. The van der Waals surface area contributed by atoms with Crippen LogP contribution in [-0.4, -0.2) is 22.6 Å². The van der Waals surface area contributed by atoms with Crippen LogP contribution in [0, 0.1) is 18.8 Å². The number of aromatic nitrogens is 1. The summed E-state index contributed by atoms with van der Waals surface area (Å²) in [6, 6.07) is 10.9. The van der Waals surface area contributed by atoms with Gasteiger partial charge in [-0.2, -0.15) is 0 Å². The van der Waals surface area contributed by atoms with Gasteiger partial charge in [-0.15, -0.1) is 0 Å². The van der Waals surface area contributed by atoms with Crippen LogP contribution in [-0.2, 0) is 11.2 Å². The number of hydrogen-bond acceptors (Lipinski definition) is 3. The van der Waals surface area contributed by atoms with Crippen LogP contribution < -0.4 is 5.32 Å². The molecule has 0 radical (unpaired) electrons. The summed E-state index contributed by atoms with van der Waals surface area (Å²) in [6.07, 6.45) is 1.93. The number of carbonyl (C=O) groups is 1. The van der Waals surface area contributed by atoms with E-state index in [1.807, 2.05) is 19.1 Å². The molecule has 21 heavy (non-hydrogen) atoms. The lowest BCUT2D eigenvalue weighted by Crippen LogP contribution is -2.15. The molecule has 1 amide bonds. The number of rotatable bonds is 3. The lowest BCUT2D eigenvalue weighted by Gasteiger charge is -2.06. The molecule has 0 aliphatic rings. The van der Waals surface area contributed by atoms with Gasteiger partial charge in [0.15, 0.2) is 0 Å². The van der Waals surface area contributed by atoms with E-state index >= 15 is 0 Å². The first-order valence-corrected chi connectivity index (χ1v) is 6.59. The normalized spacial score (nSPS) is 9.62. The molecule has 0 saturated carbocycles. The Hall–Kier alpha value is -2.64. The molecular formula is C17H16N2O2. The van der Waals surface area contributed by atoms with Crippen LogP contribution in [0.15, 0.2) is 42.6 Å². The summed E-state index contributed by atoms with van der Waals surface area (Å²) in [4.78, 5) is 16.2. The van der Waals surface area contributed by atoms with Gasteiger partial charge < -0.3 is 10.4 Å². The molecule has 0 unspecified atom stereocenters. The molecule has 0 atom stereocenters. The molecule has 0 fully saturated rings. The molecule has 0 aliphatic carbocycles. The molecule has 4 heteroatoms. The molecule has 4 nitrogen and oxygen atoms in total. The fourth-order valence-electron chi connectivity index (χ4n) is 1.84. The zero-order chi connectivity index (χ0) is 15.1. The van der Waals surface area contributed by atoms with Crippen LogP contribution in [0.1, 0.15) is 16.8 Å². The van der Waals surface area contributed by atoms with E-state index in [4.69, 9.17) is 5.11 Å². The van der Waals surface area contributed by atoms with Crippen LogP contribution in [0.5, 0.6) is 0 Å². The number of amides is 1. The van der Waals surface area contributed by atoms with Gasteiger partial charge in [0.05, 0.1) is 12.1 Å². The number of nitrogens with one attached hydrogen (secondary N) is 1. The Bertz CT molecular complexity index is 682. The van der Waals surface area contributed by atoms with Gasteiger partial charge in [-0.05, 0) is 42.8 Å². The monoisotopic (exact) mass is 280 g/mol. The summed E-state index contributed by atoms with van der Waals surface area (Å²) >= 11 is 0. The van der Waals surface area contributed by atoms with E-state index in [-0.39, 0.29) is 18.9 Å². The van der Waals surface area contributed by atoms with E-state index in [2.05, 4.69) is 22.1 Å². The van der Waals surface area contributed by atoms with Gasteiger partial charge in [0.25, 0.3) is 0 Å². The Morgan fingerprint density at radius 2 is 2.05 bits per heavy atom. The van der Waals surface area contributed by atoms with Crippen LogP contribution in [0.3, 0.4) is 0 Å². The van der Waals surface area contributed by atoms with Gasteiger partial charge in [0.1, 0.15) is 6.61 Å². The van der Waals surface area contributed by atoms with E-state index in [1.54, 1.807) is 30.5 Å². The van der Waals surface area contributed by atoms with Crippen molar-refractivity contribution in [1.82, 2.24) is 4.98 Å². The number of anilines is 1. The molecule has 106 valence electrons. The number of carbonyl (C=O) groups excluding carboxylic acids is 1. The summed E-state index contributed by atoms with van der Waals surface area (Å²) in [6.45, 7) is 1.77. The number of aliphatic hydroxyl groups is 1. The van der Waals surface area contributed by atoms with Gasteiger partial charge in [0, 0.05) is 17.4 Å². The number of aryl methyl sites for hydroxylation is 1. The van der Waals surface area contributed by atoms with Crippen molar-refractivity contribution < 1.29 is 9.90 Å². The molecule has 2 aromatic rings. The third kappa shape index (κ3) is 4.44. The predicted molar refractivity (Wildman–Crippen MR) is 81.7 cm³/mol. The van der Waals surface area contributed by atoms with E-state index < -0.39 is 0 Å². The molecule has 1 aromatic carbocycles. The predicted octanol–water partition coefficient (Wildman–Crippen LogP) is 1.92. The molecular weight excluding hydrogens is 264 g/mol. The van der Waals surface area contributed by atoms with Crippen molar-refractivity contribution in [2.75, 3.05) is 11.9 Å². The Morgan fingerprint density at radius 3 is 2.71 bits per heavy atom. The average molecular weight is 280 g/mol. The van der Waals surface area contributed by atoms with E-state index in [0.29, 0.717) is 5.69 Å². The van der Waals surface area contributed by atoms with E-state index in [9.17, 15) is 4.79 Å². The Labute approximate surface area is 123 Å². The summed E-state index contributed by atoms with van der Waals surface area (Å²) in [5, 5.41) is 11.5. The lowest BCUT2D eigenvalue weighted by atomic mass is 10.1. The van der Waals surface area contributed by atoms with Crippen LogP contribution in [0.25, 0.3) is 0 Å². The molecule has 1 heterocycles. The van der Waals surface area contributed by atoms with Crippen molar-refractivity contribution >= 4 is 11.6 Å². The highest BCUT2D eigenvalue weighted by atomic mass is 16.2. The fraction of sp³-hybridized carbons (Fsp3) is 0.176. The molecule has 0 aliphatic heterocycles. The molecule has 0 spiro atoms. The summed E-state index contributed by atoms with van der Waals surface area (Å²) < 4.78 is 0. The average Bonchev–Trinajstić information content (AvgIpc) is 2.49. The minimum Gasteiger partial charge on any atom is -0.384 e. The van der Waals surface area contributed by atoms with Crippen molar-refractivity contribution in [3.8, 4) is 11.8 Å². The first kappa shape index (κ1) is 14.8. The Kier molecular flexibility index (Phi) is 5.08. The number of aliphatic hydroxyl groups excluding tert-OH is 1. The highest BCUT2D eigenvalue weighted by Crippen LogP contribution is 2.10. The number of pyridine rings is 1. The van der Waals surface area contributed by atoms with Crippen molar-refractivity contribution in [3.05, 3.63) is 59.4 Å². The van der Waals surface area contributed by atoms with Crippen LogP contribution in [0.4, 0.5) is 5.69 Å². The SMILES string of the molecule is Cc1cccnc1CC(=O)Nc1ccc(C#CCO)cc1. The topological polar surface area (TPSA) is 62.2 Å². The van der Waals surface area contributed by atoms with Crippen molar-refractivity contribution in [2.45, 2.75) is 13.3 Å². The number of benzene rings is 1. The second-order valence-electron chi connectivity index (χ2n) is 4.53. The second kappa shape index (κ2) is 7.22. The van der Waals surface area contributed by atoms with Crippen molar-refractivity contribution in [2.24, 2.45) is 0 Å². The fourth-order valence-corrected chi connectivity index (χ4v) is 1.84. The lowest BCUT2D eigenvalue weighted by molar-refractivity contribution is -0.115. The van der Waals surface area contributed by atoms with E-state index in [0.717, 1.165) is 16.8 Å². The smallest absolute Gasteiger partial charge is 0.230 e.